The van der Waals surface area contributed by atoms with E-state index in [0.29, 0.717) is 10.6 Å². The molecule has 0 spiro atoms. The summed E-state index contributed by atoms with van der Waals surface area (Å²) in [5, 5.41) is 23.2. The van der Waals surface area contributed by atoms with Crippen LogP contribution in [0.4, 0.5) is 4.79 Å². The average Bonchev–Trinajstić information content (AvgIpc) is 2.62. The van der Waals surface area contributed by atoms with Crippen molar-refractivity contribution in [3.05, 3.63) is 69.2 Å². The van der Waals surface area contributed by atoms with Gasteiger partial charge in [-0.3, -0.25) is 0 Å². The number of nitrogens with one attached hydrogen (secondary N) is 1. The molecule has 1 amide bonds. The van der Waals surface area contributed by atoms with Crippen LogP contribution in [-0.4, -0.2) is 29.0 Å². The number of amides is 1. The van der Waals surface area contributed by atoms with Crippen molar-refractivity contribution in [1.29, 1.82) is 0 Å². The highest BCUT2D eigenvalue weighted by atomic mass is 79.9. The van der Waals surface area contributed by atoms with Crippen molar-refractivity contribution < 1.29 is 19.7 Å². The van der Waals surface area contributed by atoms with Crippen molar-refractivity contribution in [2.24, 2.45) is 0 Å². The molecular formula is C18H19BrClNO4. The van der Waals surface area contributed by atoms with Gasteiger partial charge in [0.25, 0.3) is 0 Å². The molecular weight excluding hydrogens is 410 g/mol. The molecule has 0 saturated heterocycles. The molecule has 0 aliphatic carbocycles. The van der Waals surface area contributed by atoms with Gasteiger partial charge in [-0.1, -0.05) is 57.9 Å². The van der Waals surface area contributed by atoms with Crippen molar-refractivity contribution in [3.8, 4) is 0 Å². The van der Waals surface area contributed by atoms with Gasteiger partial charge in [-0.25, -0.2) is 4.79 Å². The molecule has 2 atom stereocenters. The van der Waals surface area contributed by atoms with E-state index in [1.807, 2.05) is 30.3 Å². The first-order valence-electron chi connectivity index (χ1n) is 7.73. The van der Waals surface area contributed by atoms with Gasteiger partial charge in [0, 0.05) is 21.6 Å². The second-order valence-electron chi connectivity index (χ2n) is 5.46. The maximum Gasteiger partial charge on any atom is 0.407 e. The molecule has 0 heterocycles. The summed E-state index contributed by atoms with van der Waals surface area (Å²) in [7, 11) is 0. The van der Waals surface area contributed by atoms with Gasteiger partial charge in [-0.2, -0.15) is 0 Å². The van der Waals surface area contributed by atoms with Crippen LogP contribution >= 0.6 is 27.5 Å². The zero-order chi connectivity index (χ0) is 18.2. The molecule has 3 N–H and O–H groups in total. The van der Waals surface area contributed by atoms with Crippen LogP contribution < -0.4 is 5.32 Å². The molecule has 2 rings (SSSR count). The van der Waals surface area contributed by atoms with Crippen molar-refractivity contribution in [2.75, 3.05) is 6.54 Å². The fraction of sp³-hybridized carbons (Fsp3) is 0.278. The van der Waals surface area contributed by atoms with E-state index in [1.54, 1.807) is 18.2 Å². The number of hydrogen-bond acceptors (Lipinski definition) is 4. The SMILES string of the molecule is O=C(NCCC(O)C(O)c1cc(Br)ccc1Cl)OCc1ccccc1. The standard InChI is InChI=1S/C18H19BrClNO4/c19-13-6-7-15(20)14(10-13)17(23)16(22)8-9-21-18(24)25-11-12-4-2-1-3-5-12/h1-7,10,16-17,22-23H,8-9,11H2,(H,21,24). The van der Waals surface area contributed by atoms with E-state index in [4.69, 9.17) is 16.3 Å². The van der Waals surface area contributed by atoms with Gasteiger partial charge in [-0.05, 0) is 30.2 Å². The first-order valence-corrected chi connectivity index (χ1v) is 8.90. The lowest BCUT2D eigenvalue weighted by atomic mass is 10.0. The Balaban J connectivity index is 1.75. The summed E-state index contributed by atoms with van der Waals surface area (Å²) in [5.41, 5.74) is 1.31. The summed E-state index contributed by atoms with van der Waals surface area (Å²) in [4.78, 5) is 11.6. The molecule has 25 heavy (non-hydrogen) atoms. The first kappa shape index (κ1) is 19.7. The van der Waals surface area contributed by atoms with Gasteiger partial charge in [0.2, 0.25) is 0 Å². The zero-order valence-electron chi connectivity index (χ0n) is 13.4. The van der Waals surface area contributed by atoms with E-state index in [2.05, 4.69) is 21.2 Å². The number of alkyl carbamates (subject to hydrolysis) is 1. The van der Waals surface area contributed by atoms with Crippen LogP contribution in [0.25, 0.3) is 0 Å². The Kier molecular flexibility index (Phi) is 7.71. The average molecular weight is 429 g/mol. The number of benzene rings is 2. The number of aliphatic hydroxyl groups excluding tert-OH is 2. The van der Waals surface area contributed by atoms with Gasteiger partial charge in [0.1, 0.15) is 12.7 Å². The highest BCUT2D eigenvalue weighted by Gasteiger charge is 2.21. The molecule has 5 nitrogen and oxygen atoms in total. The van der Waals surface area contributed by atoms with E-state index in [-0.39, 0.29) is 19.6 Å². The summed E-state index contributed by atoms with van der Waals surface area (Å²) in [5.74, 6) is 0. The van der Waals surface area contributed by atoms with Crippen molar-refractivity contribution in [1.82, 2.24) is 5.32 Å². The minimum atomic E-state index is -1.15. The molecule has 2 unspecified atom stereocenters. The van der Waals surface area contributed by atoms with Crippen LogP contribution in [0.3, 0.4) is 0 Å². The third kappa shape index (κ3) is 6.32. The summed E-state index contributed by atoms with van der Waals surface area (Å²) >= 11 is 9.33. The Morgan fingerprint density at radius 2 is 1.92 bits per heavy atom. The summed E-state index contributed by atoms with van der Waals surface area (Å²) in [6.07, 6.45) is -2.64. The molecule has 7 heteroatoms. The van der Waals surface area contributed by atoms with Gasteiger partial charge in [-0.15, -0.1) is 0 Å². The maximum absolute atomic E-state index is 11.6. The van der Waals surface area contributed by atoms with Crippen LogP contribution in [0, 0.1) is 0 Å². The van der Waals surface area contributed by atoms with E-state index >= 15 is 0 Å². The van der Waals surface area contributed by atoms with Gasteiger partial charge in [0.05, 0.1) is 6.10 Å². The Labute approximate surface area is 159 Å². The summed E-state index contributed by atoms with van der Waals surface area (Å²) in [6, 6.07) is 14.4. The number of carbonyl (C=O) groups excluding carboxylic acids is 1. The molecule has 0 fully saturated rings. The predicted octanol–water partition coefficient (Wildman–Crippen LogP) is 3.81. The lowest BCUT2D eigenvalue weighted by molar-refractivity contribution is 0.0136. The third-order valence-corrected chi connectivity index (χ3v) is 4.40. The number of halogens is 2. The minimum Gasteiger partial charge on any atom is -0.445 e. The minimum absolute atomic E-state index is 0.157. The normalized spacial score (nSPS) is 13.1. The molecule has 0 saturated carbocycles. The van der Waals surface area contributed by atoms with Crippen LogP contribution in [0.1, 0.15) is 23.7 Å². The Morgan fingerprint density at radius 1 is 1.20 bits per heavy atom. The van der Waals surface area contributed by atoms with Crippen LogP contribution in [0.15, 0.2) is 53.0 Å². The highest BCUT2D eigenvalue weighted by molar-refractivity contribution is 9.10. The molecule has 134 valence electrons. The topological polar surface area (TPSA) is 78.8 Å². The Bertz CT molecular complexity index is 699. The monoisotopic (exact) mass is 427 g/mol. The molecule has 2 aromatic carbocycles. The molecule has 0 aliphatic heterocycles. The van der Waals surface area contributed by atoms with Crippen molar-refractivity contribution >= 4 is 33.6 Å². The maximum atomic E-state index is 11.6. The van der Waals surface area contributed by atoms with E-state index in [9.17, 15) is 15.0 Å². The van der Waals surface area contributed by atoms with Crippen LogP contribution in [-0.2, 0) is 11.3 Å². The van der Waals surface area contributed by atoms with E-state index < -0.39 is 18.3 Å². The van der Waals surface area contributed by atoms with Crippen LogP contribution in [0.2, 0.25) is 5.02 Å². The molecule has 0 aromatic heterocycles. The first-order chi connectivity index (χ1) is 12.0. The third-order valence-electron chi connectivity index (χ3n) is 3.56. The number of rotatable bonds is 7. The molecule has 2 aromatic rings. The Morgan fingerprint density at radius 3 is 2.64 bits per heavy atom. The largest absolute Gasteiger partial charge is 0.445 e. The van der Waals surface area contributed by atoms with E-state index in [1.165, 1.54) is 0 Å². The second-order valence-corrected chi connectivity index (χ2v) is 6.78. The molecule has 0 aliphatic rings. The fourth-order valence-electron chi connectivity index (χ4n) is 2.20. The predicted molar refractivity (Wildman–Crippen MR) is 99.4 cm³/mol. The van der Waals surface area contributed by atoms with Gasteiger partial charge in [0.15, 0.2) is 0 Å². The second kappa shape index (κ2) is 9.77. The fourth-order valence-corrected chi connectivity index (χ4v) is 2.81. The van der Waals surface area contributed by atoms with Crippen molar-refractivity contribution in [3.63, 3.8) is 0 Å². The number of carbonyl (C=O) groups is 1. The summed E-state index contributed by atoms with van der Waals surface area (Å²) < 4.78 is 5.82. The van der Waals surface area contributed by atoms with E-state index in [0.717, 1.165) is 10.0 Å². The quantitative estimate of drug-likeness (QED) is 0.626. The summed E-state index contributed by atoms with van der Waals surface area (Å²) in [6.45, 7) is 0.336. The van der Waals surface area contributed by atoms with Gasteiger partial charge >= 0.3 is 6.09 Å². The zero-order valence-corrected chi connectivity index (χ0v) is 15.7. The number of ether oxygens (including phenoxy) is 1. The van der Waals surface area contributed by atoms with Crippen LogP contribution in [0.5, 0.6) is 0 Å². The Hall–Kier alpha value is -1.60. The van der Waals surface area contributed by atoms with Gasteiger partial charge < -0.3 is 20.3 Å². The number of aliphatic hydroxyl groups is 2. The highest BCUT2D eigenvalue weighted by Crippen LogP contribution is 2.29. The van der Waals surface area contributed by atoms with Crippen molar-refractivity contribution in [2.45, 2.75) is 25.2 Å². The lowest BCUT2D eigenvalue weighted by Crippen LogP contribution is -2.29. The smallest absolute Gasteiger partial charge is 0.407 e. The molecule has 0 bridgehead atoms. The number of hydrogen-bond donors (Lipinski definition) is 3. The molecule has 0 radical (unpaired) electrons. The lowest BCUT2D eigenvalue weighted by Gasteiger charge is -2.19.